The molecule has 0 aromatic heterocycles. The average molecular weight is 278 g/mol. The minimum absolute atomic E-state index is 0.00463. The van der Waals surface area contributed by atoms with Crippen molar-refractivity contribution in [1.82, 2.24) is 5.32 Å². The van der Waals surface area contributed by atoms with Gasteiger partial charge in [-0.25, -0.2) is 0 Å². The maximum Gasteiger partial charge on any atom is 0.302 e. The SMILES string of the molecule is CC.CC=O.CN=[N+]=[N-].CNC(C)=O.COC(C)=O. The second kappa shape index (κ2) is 44.5. The van der Waals surface area contributed by atoms with Crippen LogP contribution in [0.2, 0.25) is 0 Å². The molecule has 0 saturated heterocycles. The summed E-state index contributed by atoms with van der Waals surface area (Å²) >= 11 is 0. The van der Waals surface area contributed by atoms with Crippen LogP contribution >= 0.6 is 0 Å². The molecule has 0 bridgehead atoms. The number of azide groups is 1. The zero-order chi connectivity index (χ0) is 16.7. The first kappa shape index (κ1) is 30.2. The lowest BCUT2D eigenvalue weighted by atomic mass is 10.7. The molecule has 0 rings (SSSR count). The normalized spacial score (nSPS) is 5.47. The molecule has 114 valence electrons. The number of amides is 1. The van der Waals surface area contributed by atoms with Crippen LogP contribution in [0.3, 0.4) is 0 Å². The number of rotatable bonds is 0. The number of nitrogens with one attached hydrogen (secondary N) is 1. The summed E-state index contributed by atoms with van der Waals surface area (Å²) in [6.07, 6.45) is 0.750. The van der Waals surface area contributed by atoms with Gasteiger partial charge in [-0.3, -0.25) is 9.59 Å². The first-order chi connectivity index (χ1) is 8.87. The number of carbonyl (C=O) groups excluding carboxylic acids is 3. The summed E-state index contributed by atoms with van der Waals surface area (Å²) in [5, 5.41) is 5.31. The number of aldehydes is 1. The lowest BCUT2D eigenvalue weighted by molar-refractivity contribution is -0.138. The van der Waals surface area contributed by atoms with Crippen molar-refractivity contribution in [3.63, 3.8) is 0 Å². The number of esters is 1. The summed E-state index contributed by atoms with van der Waals surface area (Å²) < 4.78 is 4.11. The van der Waals surface area contributed by atoms with Crippen LogP contribution in [-0.2, 0) is 19.1 Å². The molecule has 8 heteroatoms. The van der Waals surface area contributed by atoms with Crippen LogP contribution in [0.25, 0.3) is 10.4 Å². The summed E-state index contributed by atoms with van der Waals surface area (Å²) in [7, 11) is 4.34. The van der Waals surface area contributed by atoms with E-state index in [1.807, 2.05) is 13.8 Å². The van der Waals surface area contributed by atoms with E-state index in [1.165, 1.54) is 34.9 Å². The van der Waals surface area contributed by atoms with Gasteiger partial charge < -0.3 is 14.8 Å². The van der Waals surface area contributed by atoms with Crippen molar-refractivity contribution in [1.29, 1.82) is 0 Å². The highest BCUT2D eigenvalue weighted by Gasteiger charge is 1.75. The Morgan fingerprint density at radius 3 is 1.47 bits per heavy atom. The van der Waals surface area contributed by atoms with Gasteiger partial charge in [-0.1, -0.05) is 19.0 Å². The monoisotopic (exact) mass is 278 g/mol. The second-order valence-electron chi connectivity index (χ2n) is 2.03. The molecule has 1 amide bonds. The topological polar surface area (TPSA) is 121 Å². The molecule has 0 aliphatic rings. The van der Waals surface area contributed by atoms with E-state index in [-0.39, 0.29) is 11.9 Å². The molecule has 0 atom stereocenters. The van der Waals surface area contributed by atoms with E-state index >= 15 is 0 Å². The van der Waals surface area contributed by atoms with Gasteiger partial charge in [0.25, 0.3) is 0 Å². The van der Waals surface area contributed by atoms with E-state index < -0.39 is 0 Å². The summed E-state index contributed by atoms with van der Waals surface area (Å²) in [5.74, 6) is -0.241. The summed E-state index contributed by atoms with van der Waals surface area (Å²) in [6.45, 7) is 8.28. The number of ether oxygens (including phenoxy) is 1. The third kappa shape index (κ3) is 362. The van der Waals surface area contributed by atoms with Crippen molar-refractivity contribution in [3.05, 3.63) is 10.4 Å². The van der Waals surface area contributed by atoms with Crippen LogP contribution in [0.5, 0.6) is 0 Å². The quantitative estimate of drug-likeness (QED) is 0.239. The highest BCUT2D eigenvalue weighted by atomic mass is 16.5. The van der Waals surface area contributed by atoms with Crippen LogP contribution in [0.1, 0.15) is 34.6 Å². The maximum atomic E-state index is 9.70. The molecule has 19 heavy (non-hydrogen) atoms. The molecule has 0 radical (unpaired) electrons. The van der Waals surface area contributed by atoms with Crippen LogP contribution < -0.4 is 5.32 Å². The van der Waals surface area contributed by atoms with Gasteiger partial charge in [-0.2, -0.15) is 0 Å². The number of carbonyl (C=O) groups is 3. The first-order valence-electron chi connectivity index (χ1n) is 5.43. The minimum atomic E-state index is -0.245. The van der Waals surface area contributed by atoms with Crippen molar-refractivity contribution in [2.45, 2.75) is 34.6 Å². The molecule has 0 heterocycles. The Morgan fingerprint density at radius 1 is 1.32 bits per heavy atom. The molecule has 0 spiro atoms. The lowest BCUT2D eigenvalue weighted by Crippen LogP contribution is -2.11. The molecule has 0 aromatic rings. The van der Waals surface area contributed by atoms with Crippen molar-refractivity contribution in [2.75, 3.05) is 21.2 Å². The Bertz CT molecular complexity index is 225. The van der Waals surface area contributed by atoms with Gasteiger partial charge in [0, 0.05) is 32.9 Å². The number of hydrogen-bond acceptors (Lipinski definition) is 5. The number of nitrogens with zero attached hydrogens (tertiary/aromatic N) is 3. The highest BCUT2D eigenvalue weighted by molar-refractivity contribution is 5.72. The molecule has 0 fully saturated rings. The van der Waals surface area contributed by atoms with Crippen molar-refractivity contribution >= 4 is 18.2 Å². The van der Waals surface area contributed by atoms with E-state index in [4.69, 9.17) is 10.3 Å². The molecular formula is C11H26N4O4. The molecule has 0 saturated carbocycles. The first-order valence-corrected chi connectivity index (χ1v) is 5.43. The molecule has 0 aliphatic heterocycles. The van der Waals surface area contributed by atoms with Crippen LogP contribution in [0, 0.1) is 0 Å². The van der Waals surface area contributed by atoms with Gasteiger partial charge in [0.1, 0.15) is 6.29 Å². The minimum Gasteiger partial charge on any atom is -0.469 e. The Hall–Kier alpha value is -2.08. The van der Waals surface area contributed by atoms with E-state index in [0.717, 1.165) is 6.29 Å². The summed E-state index contributed by atoms with van der Waals surface area (Å²) in [5.41, 5.74) is 7.33. The fourth-order valence-electron chi connectivity index (χ4n) is 0. The van der Waals surface area contributed by atoms with Gasteiger partial charge in [-0.05, 0) is 12.5 Å². The standard InChI is InChI=1S/C3H7NO.C3H6O2.C2H4O.C2H6.CH3N3/c1-3(5)4-2;1-3(4)5-2;1-2-3;1-2;1-3-4-2/h1-2H3,(H,4,5);1-2H3;2H,1H3;1-2H3;1H3. The lowest BCUT2D eigenvalue weighted by Gasteiger charge is -1.80. The number of methoxy groups -OCH3 is 1. The molecule has 0 aromatic carbocycles. The Kier molecular flexibility index (Phi) is 70.8. The van der Waals surface area contributed by atoms with E-state index in [2.05, 4.69) is 20.1 Å². The number of hydrogen-bond donors (Lipinski definition) is 1. The van der Waals surface area contributed by atoms with Crippen molar-refractivity contribution < 1.29 is 19.1 Å². The predicted octanol–water partition coefficient (Wildman–Crippen LogP) is 2.09. The fraction of sp³-hybridized carbons (Fsp3) is 0.727. The van der Waals surface area contributed by atoms with Gasteiger partial charge in [0.15, 0.2) is 0 Å². The van der Waals surface area contributed by atoms with E-state index in [0.29, 0.717) is 0 Å². The molecule has 8 nitrogen and oxygen atoms in total. The zero-order valence-electron chi connectivity index (χ0n) is 13.1. The summed E-state index contributed by atoms with van der Waals surface area (Å²) in [6, 6.07) is 0. The second-order valence-corrected chi connectivity index (χ2v) is 2.03. The smallest absolute Gasteiger partial charge is 0.302 e. The average Bonchev–Trinajstić information content (AvgIpc) is 2.42. The molecule has 0 aliphatic carbocycles. The maximum absolute atomic E-state index is 9.70. The van der Waals surface area contributed by atoms with Crippen LogP contribution in [0.4, 0.5) is 0 Å². The third-order valence-corrected chi connectivity index (χ3v) is 0.729. The van der Waals surface area contributed by atoms with E-state index in [1.54, 1.807) is 7.05 Å². The summed E-state index contributed by atoms with van der Waals surface area (Å²) in [4.78, 5) is 30.5. The van der Waals surface area contributed by atoms with Gasteiger partial charge in [-0.15, -0.1) is 0 Å². The molecule has 0 unspecified atom stereocenters. The Balaban J connectivity index is -0.0000000446. The Labute approximate surface area is 115 Å². The predicted molar refractivity (Wildman–Crippen MR) is 75.6 cm³/mol. The van der Waals surface area contributed by atoms with E-state index in [9.17, 15) is 9.59 Å². The highest BCUT2D eigenvalue weighted by Crippen LogP contribution is 1.60. The van der Waals surface area contributed by atoms with Crippen LogP contribution in [0.15, 0.2) is 5.11 Å². The fourth-order valence-corrected chi connectivity index (χ4v) is 0. The Morgan fingerprint density at radius 2 is 1.47 bits per heavy atom. The third-order valence-electron chi connectivity index (χ3n) is 0.729. The van der Waals surface area contributed by atoms with Crippen molar-refractivity contribution in [3.8, 4) is 0 Å². The van der Waals surface area contributed by atoms with Gasteiger partial charge in [0.2, 0.25) is 5.91 Å². The zero-order valence-corrected chi connectivity index (χ0v) is 13.1. The molecule has 1 N–H and O–H groups in total. The van der Waals surface area contributed by atoms with Crippen molar-refractivity contribution in [2.24, 2.45) is 5.11 Å². The largest absolute Gasteiger partial charge is 0.469 e. The van der Waals surface area contributed by atoms with Crippen LogP contribution in [-0.4, -0.2) is 39.4 Å². The van der Waals surface area contributed by atoms with Gasteiger partial charge >= 0.3 is 5.97 Å². The van der Waals surface area contributed by atoms with Gasteiger partial charge in [0.05, 0.1) is 7.11 Å². The molecular weight excluding hydrogens is 252 g/mol.